The Morgan fingerprint density at radius 1 is 0.929 bits per heavy atom. The molecule has 0 spiro atoms. The number of carbonyl (C=O) groups excluding carboxylic acids is 3. The molecule has 9 nitrogen and oxygen atoms in total. The summed E-state index contributed by atoms with van der Waals surface area (Å²) in [4.78, 5) is 39.6. The van der Waals surface area contributed by atoms with Crippen LogP contribution in [0.15, 0.2) is 17.1 Å². The second kappa shape index (κ2) is 11.3. The molecule has 0 aliphatic rings. The number of hydrogen-bond donors (Lipinski definition) is 2. The lowest BCUT2D eigenvalue weighted by Gasteiger charge is -2.22. The molecular formula is C19H33N3O6. The Morgan fingerprint density at radius 2 is 1.39 bits per heavy atom. The number of guanidine groups is 1. The van der Waals surface area contributed by atoms with E-state index in [2.05, 4.69) is 22.2 Å². The van der Waals surface area contributed by atoms with Crippen LogP contribution in [0.4, 0.5) is 9.59 Å². The van der Waals surface area contributed by atoms with E-state index in [1.54, 1.807) is 48.5 Å². The number of rotatable bonds is 6. The average Bonchev–Trinajstić information content (AvgIpc) is 2.47. The molecular weight excluding hydrogens is 366 g/mol. The maximum Gasteiger partial charge on any atom is 0.414 e. The third-order valence-corrected chi connectivity index (χ3v) is 2.71. The molecule has 0 saturated carbocycles. The Morgan fingerprint density at radius 3 is 1.79 bits per heavy atom. The second-order valence-corrected chi connectivity index (χ2v) is 7.91. The van der Waals surface area contributed by atoms with Gasteiger partial charge in [0.15, 0.2) is 0 Å². The van der Waals surface area contributed by atoms with Crippen molar-refractivity contribution < 1.29 is 28.6 Å². The molecule has 0 fully saturated rings. The maximum atomic E-state index is 12.0. The summed E-state index contributed by atoms with van der Waals surface area (Å²) in [6, 6.07) is 0. The van der Waals surface area contributed by atoms with E-state index >= 15 is 0 Å². The van der Waals surface area contributed by atoms with Gasteiger partial charge in [-0.05, 0) is 61.3 Å². The number of esters is 1. The van der Waals surface area contributed by atoms with Crippen molar-refractivity contribution in [2.75, 3.05) is 13.2 Å². The number of carbonyl (C=O) groups is 3. The van der Waals surface area contributed by atoms with E-state index in [0.717, 1.165) is 0 Å². The van der Waals surface area contributed by atoms with E-state index in [1.807, 2.05) is 0 Å². The highest BCUT2D eigenvalue weighted by Crippen LogP contribution is 2.08. The summed E-state index contributed by atoms with van der Waals surface area (Å²) >= 11 is 0. The third-order valence-electron chi connectivity index (χ3n) is 2.71. The van der Waals surface area contributed by atoms with Gasteiger partial charge in [0.1, 0.15) is 11.2 Å². The Labute approximate surface area is 166 Å². The topological polar surface area (TPSA) is 115 Å². The number of ether oxygens (including phenoxy) is 3. The first kappa shape index (κ1) is 25.4. The SMILES string of the molecule is C=C(CCCN=C(NC(=O)OC(C)(C)C)NC(=O)OC(C)(C)C)C(=O)OCC. The van der Waals surface area contributed by atoms with Gasteiger partial charge in [0.25, 0.3) is 0 Å². The zero-order valence-corrected chi connectivity index (χ0v) is 17.9. The lowest BCUT2D eigenvalue weighted by Crippen LogP contribution is -2.47. The second-order valence-electron chi connectivity index (χ2n) is 7.91. The van der Waals surface area contributed by atoms with Gasteiger partial charge in [-0.3, -0.25) is 15.6 Å². The number of nitrogens with zero attached hydrogens (tertiary/aromatic N) is 1. The van der Waals surface area contributed by atoms with Crippen molar-refractivity contribution in [2.45, 2.75) is 72.5 Å². The molecule has 0 rings (SSSR count). The van der Waals surface area contributed by atoms with Gasteiger partial charge in [0.05, 0.1) is 6.61 Å². The molecule has 0 radical (unpaired) electrons. The lowest BCUT2D eigenvalue weighted by atomic mass is 10.2. The fourth-order valence-corrected chi connectivity index (χ4v) is 1.73. The smallest absolute Gasteiger partial charge is 0.414 e. The van der Waals surface area contributed by atoms with Crippen LogP contribution < -0.4 is 10.6 Å². The molecule has 0 aliphatic heterocycles. The number of alkyl carbamates (subject to hydrolysis) is 2. The summed E-state index contributed by atoms with van der Waals surface area (Å²) in [7, 11) is 0. The molecule has 0 bridgehead atoms. The third kappa shape index (κ3) is 13.6. The van der Waals surface area contributed by atoms with Gasteiger partial charge in [0, 0.05) is 12.1 Å². The van der Waals surface area contributed by atoms with E-state index in [4.69, 9.17) is 14.2 Å². The number of nitrogens with one attached hydrogen (secondary N) is 2. The van der Waals surface area contributed by atoms with Gasteiger partial charge < -0.3 is 14.2 Å². The Kier molecular flexibility index (Phi) is 10.3. The van der Waals surface area contributed by atoms with Crippen molar-refractivity contribution in [3.63, 3.8) is 0 Å². The van der Waals surface area contributed by atoms with Crippen LogP contribution in [0.1, 0.15) is 61.3 Å². The molecule has 0 aromatic heterocycles. The summed E-state index contributed by atoms with van der Waals surface area (Å²) in [6.07, 6.45) is -0.696. The van der Waals surface area contributed by atoms with Crippen LogP contribution in [0, 0.1) is 0 Å². The summed E-state index contributed by atoms with van der Waals surface area (Å²) in [6.45, 7) is 16.2. The predicted octanol–water partition coefficient (Wildman–Crippen LogP) is 3.29. The molecule has 2 N–H and O–H groups in total. The van der Waals surface area contributed by atoms with E-state index in [-0.39, 0.29) is 19.1 Å². The first-order valence-electron chi connectivity index (χ1n) is 9.13. The molecule has 0 heterocycles. The van der Waals surface area contributed by atoms with Gasteiger partial charge in [-0.1, -0.05) is 6.58 Å². The maximum absolute atomic E-state index is 12.0. The average molecular weight is 399 g/mol. The van der Waals surface area contributed by atoms with E-state index in [1.165, 1.54) is 0 Å². The van der Waals surface area contributed by atoms with E-state index in [9.17, 15) is 14.4 Å². The van der Waals surface area contributed by atoms with Crippen LogP contribution in [-0.4, -0.2) is 48.5 Å². The van der Waals surface area contributed by atoms with Crippen LogP contribution >= 0.6 is 0 Å². The van der Waals surface area contributed by atoms with Crippen LogP contribution in [0.2, 0.25) is 0 Å². The minimum Gasteiger partial charge on any atom is -0.463 e. The highest BCUT2D eigenvalue weighted by atomic mass is 16.6. The van der Waals surface area contributed by atoms with Crippen LogP contribution in [0.25, 0.3) is 0 Å². The number of aliphatic imine (C=N–C) groups is 1. The summed E-state index contributed by atoms with van der Waals surface area (Å²) in [5.74, 6) is -0.560. The van der Waals surface area contributed by atoms with Gasteiger partial charge in [-0.15, -0.1) is 0 Å². The largest absolute Gasteiger partial charge is 0.463 e. The van der Waals surface area contributed by atoms with Crippen LogP contribution in [-0.2, 0) is 19.0 Å². The van der Waals surface area contributed by atoms with Crippen molar-refractivity contribution in [3.8, 4) is 0 Å². The number of hydrogen-bond acceptors (Lipinski definition) is 7. The van der Waals surface area contributed by atoms with Crippen molar-refractivity contribution in [1.29, 1.82) is 0 Å². The van der Waals surface area contributed by atoms with Gasteiger partial charge in [-0.2, -0.15) is 0 Å². The minimum atomic E-state index is -0.766. The van der Waals surface area contributed by atoms with E-state index < -0.39 is 29.4 Å². The predicted molar refractivity (Wildman–Crippen MR) is 106 cm³/mol. The van der Waals surface area contributed by atoms with Crippen LogP contribution in [0.3, 0.4) is 0 Å². The normalized spacial score (nSPS) is 11.1. The molecule has 0 aromatic rings. The zero-order valence-electron chi connectivity index (χ0n) is 17.9. The monoisotopic (exact) mass is 399 g/mol. The van der Waals surface area contributed by atoms with Gasteiger partial charge in [-0.25, -0.2) is 14.4 Å². The van der Waals surface area contributed by atoms with Crippen LogP contribution in [0.5, 0.6) is 0 Å². The Hall–Kier alpha value is -2.58. The van der Waals surface area contributed by atoms with E-state index in [0.29, 0.717) is 18.4 Å². The van der Waals surface area contributed by atoms with Gasteiger partial charge in [0.2, 0.25) is 5.96 Å². The molecule has 2 amide bonds. The lowest BCUT2D eigenvalue weighted by molar-refractivity contribution is -0.138. The quantitative estimate of drug-likeness (QED) is 0.177. The first-order chi connectivity index (χ1) is 12.7. The Bertz CT molecular complexity index is 568. The van der Waals surface area contributed by atoms with Crippen molar-refractivity contribution >= 4 is 24.1 Å². The van der Waals surface area contributed by atoms with Gasteiger partial charge >= 0.3 is 18.2 Å². The molecule has 0 aromatic carbocycles. The summed E-state index contributed by atoms with van der Waals surface area (Å²) in [5.41, 5.74) is -1.09. The zero-order chi connectivity index (χ0) is 22.0. The highest BCUT2D eigenvalue weighted by molar-refractivity contribution is 6.01. The van der Waals surface area contributed by atoms with Crippen molar-refractivity contribution in [3.05, 3.63) is 12.2 Å². The summed E-state index contributed by atoms with van der Waals surface area (Å²) in [5, 5.41) is 4.77. The molecule has 28 heavy (non-hydrogen) atoms. The fraction of sp³-hybridized carbons (Fsp3) is 0.684. The Balaban J connectivity index is 4.88. The fourth-order valence-electron chi connectivity index (χ4n) is 1.73. The van der Waals surface area contributed by atoms with Crippen molar-refractivity contribution in [2.24, 2.45) is 4.99 Å². The minimum absolute atomic E-state index is 0.106. The molecule has 160 valence electrons. The van der Waals surface area contributed by atoms with Crippen molar-refractivity contribution in [1.82, 2.24) is 10.6 Å². The standard InChI is InChI=1S/C19H33N3O6/c1-9-26-14(23)13(2)11-10-12-20-15(21-16(24)27-18(3,4)5)22-17(25)28-19(6,7)8/h2,9-12H2,1,3-8H3,(H2,20,21,22,24,25). The molecule has 0 aliphatic carbocycles. The molecule has 0 unspecified atom stereocenters. The number of amides is 2. The first-order valence-corrected chi connectivity index (χ1v) is 9.13. The molecule has 0 saturated heterocycles. The highest BCUT2D eigenvalue weighted by Gasteiger charge is 2.21. The summed E-state index contributed by atoms with van der Waals surface area (Å²) < 4.78 is 15.2. The molecule has 0 atom stereocenters. The molecule has 9 heteroatoms.